The lowest BCUT2D eigenvalue weighted by Gasteiger charge is -2.36. The Morgan fingerprint density at radius 3 is 2.15 bits per heavy atom. The van der Waals surface area contributed by atoms with Crippen LogP contribution in [0.25, 0.3) is 0 Å². The van der Waals surface area contributed by atoms with Gasteiger partial charge in [0.1, 0.15) is 6.17 Å². The zero-order valence-electron chi connectivity index (χ0n) is 15.1. The van der Waals surface area contributed by atoms with Crippen molar-refractivity contribution in [3.05, 3.63) is 0 Å². The van der Waals surface area contributed by atoms with Gasteiger partial charge in [0.15, 0.2) is 0 Å². The highest BCUT2D eigenvalue weighted by molar-refractivity contribution is 6.21. The summed E-state index contributed by atoms with van der Waals surface area (Å²) in [5.41, 5.74) is 0. The summed E-state index contributed by atoms with van der Waals surface area (Å²) in [6.45, 7) is 1.29. The van der Waals surface area contributed by atoms with Crippen LogP contribution in [0.5, 0.6) is 0 Å². The van der Waals surface area contributed by atoms with Crippen molar-refractivity contribution in [1.82, 2.24) is 10.2 Å². The largest absolute Gasteiger partial charge is 0.353 e. The highest BCUT2D eigenvalue weighted by Crippen LogP contribution is 2.31. The van der Waals surface area contributed by atoms with E-state index >= 15 is 0 Å². The van der Waals surface area contributed by atoms with Crippen LogP contribution in [-0.4, -0.2) is 52.8 Å². The average molecular weight is 407 g/mol. The SMILES string of the molecule is O=C(NC1CCC(F)C(Cl)C1)C1CCN(C(=O)C2CCC(Cl)CC2)CC1. The number of nitrogens with zero attached hydrogens (tertiary/aromatic N) is 1. The number of alkyl halides is 3. The fraction of sp³-hybridized carbons (Fsp3) is 0.895. The van der Waals surface area contributed by atoms with Gasteiger partial charge in [-0.3, -0.25) is 9.59 Å². The normalized spacial score (nSPS) is 36.6. The van der Waals surface area contributed by atoms with Gasteiger partial charge in [-0.15, -0.1) is 23.2 Å². The quantitative estimate of drug-likeness (QED) is 0.727. The van der Waals surface area contributed by atoms with Crippen LogP contribution in [0, 0.1) is 11.8 Å². The minimum Gasteiger partial charge on any atom is -0.353 e. The van der Waals surface area contributed by atoms with E-state index in [2.05, 4.69) is 5.32 Å². The fourth-order valence-electron chi connectivity index (χ4n) is 4.45. The molecule has 2 aliphatic carbocycles. The smallest absolute Gasteiger partial charge is 0.225 e. The Hall–Kier alpha value is -0.550. The van der Waals surface area contributed by atoms with E-state index in [1.54, 1.807) is 0 Å². The van der Waals surface area contributed by atoms with Crippen molar-refractivity contribution in [2.45, 2.75) is 80.8 Å². The second kappa shape index (κ2) is 9.09. The molecular formula is C19H29Cl2FN2O2. The van der Waals surface area contributed by atoms with Crippen molar-refractivity contribution < 1.29 is 14.0 Å². The second-order valence-corrected chi connectivity index (χ2v) is 9.28. The number of halogens is 3. The molecule has 0 aromatic carbocycles. The lowest BCUT2D eigenvalue weighted by Crippen LogP contribution is -2.48. The molecule has 2 saturated carbocycles. The van der Waals surface area contributed by atoms with Crippen LogP contribution in [0.15, 0.2) is 0 Å². The molecule has 1 saturated heterocycles. The van der Waals surface area contributed by atoms with Crippen LogP contribution >= 0.6 is 23.2 Å². The Labute approximate surface area is 165 Å². The lowest BCUT2D eigenvalue weighted by atomic mass is 9.86. The first kappa shape index (κ1) is 20.2. The number of carbonyl (C=O) groups excluding carboxylic acids is 2. The Balaban J connectivity index is 1.41. The van der Waals surface area contributed by atoms with Gasteiger partial charge >= 0.3 is 0 Å². The maximum Gasteiger partial charge on any atom is 0.225 e. The van der Waals surface area contributed by atoms with E-state index in [1.165, 1.54) is 0 Å². The molecule has 148 valence electrons. The molecule has 26 heavy (non-hydrogen) atoms. The Morgan fingerprint density at radius 2 is 1.54 bits per heavy atom. The van der Waals surface area contributed by atoms with Crippen molar-refractivity contribution in [3.8, 4) is 0 Å². The van der Waals surface area contributed by atoms with E-state index in [0.29, 0.717) is 45.2 Å². The van der Waals surface area contributed by atoms with Gasteiger partial charge in [-0.05, 0) is 57.8 Å². The minimum absolute atomic E-state index is 0.0256. The third-order valence-electron chi connectivity index (χ3n) is 6.22. The molecular weight excluding hydrogens is 378 g/mol. The monoisotopic (exact) mass is 406 g/mol. The number of likely N-dealkylation sites (tertiary alicyclic amines) is 1. The third kappa shape index (κ3) is 5.03. The van der Waals surface area contributed by atoms with Gasteiger partial charge < -0.3 is 10.2 Å². The van der Waals surface area contributed by atoms with Crippen molar-refractivity contribution in [2.75, 3.05) is 13.1 Å². The predicted molar refractivity (Wildman–Crippen MR) is 101 cm³/mol. The maximum absolute atomic E-state index is 13.4. The van der Waals surface area contributed by atoms with Gasteiger partial charge in [-0.1, -0.05) is 0 Å². The van der Waals surface area contributed by atoms with Crippen molar-refractivity contribution in [1.29, 1.82) is 0 Å². The van der Waals surface area contributed by atoms with E-state index in [-0.39, 0.29) is 35.1 Å². The van der Waals surface area contributed by atoms with E-state index in [0.717, 1.165) is 25.7 Å². The lowest BCUT2D eigenvalue weighted by molar-refractivity contribution is -0.140. The highest BCUT2D eigenvalue weighted by Gasteiger charge is 2.34. The molecule has 1 aliphatic heterocycles. The summed E-state index contributed by atoms with van der Waals surface area (Å²) in [7, 11) is 0. The number of amides is 2. The van der Waals surface area contributed by atoms with Gasteiger partial charge in [0.2, 0.25) is 11.8 Å². The summed E-state index contributed by atoms with van der Waals surface area (Å²) in [4.78, 5) is 27.1. The molecule has 7 heteroatoms. The molecule has 3 atom stereocenters. The van der Waals surface area contributed by atoms with Crippen LogP contribution < -0.4 is 5.32 Å². The van der Waals surface area contributed by atoms with Gasteiger partial charge in [0, 0.05) is 36.3 Å². The topological polar surface area (TPSA) is 49.4 Å². The molecule has 4 nitrogen and oxygen atoms in total. The summed E-state index contributed by atoms with van der Waals surface area (Å²) in [6.07, 6.45) is 5.58. The Kier molecular flexibility index (Phi) is 7.06. The number of nitrogens with one attached hydrogen (secondary N) is 1. The van der Waals surface area contributed by atoms with Crippen LogP contribution in [0.3, 0.4) is 0 Å². The Morgan fingerprint density at radius 1 is 0.885 bits per heavy atom. The van der Waals surface area contributed by atoms with Crippen LogP contribution in [0.2, 0.25) is 0 Å². The zero-order chi connectivity index (χ0) is 18.7. The molecule has 0 aromatic rings. The summed E-state index contributed by atoms with van der Waals surface area (Å²) < 4.78 is 13.4. The number of hydrogen-bond acceptors (Lipinski definition) is 2. The van der Waals surface area contributed by atoms with E-state index in [9.17, 15) is 14.0 Å². The standard InChI is InChI=1S/C19H29Cl2FN2O2/c20-14-3-1-13(2-4-14)19(26)24-9-7-12(8-10-24)18(25)23-15-5-6-17(22)16(21)11-15/h12-17H,1-11H2,(H,23,25). The number of piperidine rings is 1. The third-order valence-corrected chi connectivity index (χ3v) is 7.11. The molecule has 0 aromatic heterocycles. The molecule has 3 unspecified atom stereocenters. The van der Waals surface area contributed by atoms with Crippen molar-refractivity contribution >= 4 is 35.0 Å². The molecule has 1 heterocycles. The van der Waals surface area contributed by atoms with Gasteiger partial charge in [-0.2, -0.15) is 0 Å². The predicted octanol–water partition coefficient (Wildman–Crippen LogP) is 3.64. The zero-order valence-corrected chi connectivity index (χ0v) is 16.7. The van der Waals surface area contributed by atoms with Crippen molar-refractivity contribution in [2.24, 2.45) is 11.8 Å². The molecule has 3 aliphatic rings. The summed E-state index contributed by atoms with van der Waals surface area (Å²) >= 11 is 12.1. The first-order chi connectivity index (χ1) is 12.4. The molecule has 1 N–H and O–H groups in total. The molecule has 3 fully saturated rings. The van der Waals surface area contributed by atoms with E-state index in [1.807, 2.05) is 4.90 Å². The summed E-state index contributed by atoms with van der Waals surface area (Å²) in [5.74, 6) is 0.311. The first-order valence-corrected chi connectivity index (χ1v) is 10.8. The van der Waals surface area contributed by atoms with Crippen LogP contribution in [0.4, 0.5) is 4.39 Å². The van der Waals surface area contributed by atoms with E-state index < -0.39 is 11.5 Å². The molecule has 2 amide bonds. The van der Waals surface area contributed by atoms with Crippen LogP contribution in [0.1, 0.15) is 57.8 Å². The van der Waals surface area contributed by atoms with E-state index in [4.69, 9.17) is 23.2 Å². The molecule has 0 spiro atoms. The maximum atomic E-state index is 13.4. The van der Waals surface area contributed by atoms with Gasteiger partial charge in [0.25, 0.3) is 0 Å². The number of rotatable bonds is 3. The Bertz CT molecular complexity index is 506. The summed E-state index contributed by atoms with van der Waals surface area (Å²) in [5, 5.41) is 2.76. The first-order valence-electron chi connectivity index (χ1n) is 9.95. The van der Waals surface area contributed by atoms with Crippen LogP contribution in [-0.2, 0) is 9.59 Å². The minimum atomic E-state index is -0.965. The highest BCUT2D eigenvalue weighted by atomic mass is 35.5. The van der Waals surface area contributed by atoms with Crippen molar-refractivity contribution in [3.63, 3.8) is 0 Å². The number of carbonyl (C=O) groups is 2. The number of hydrogen-bond donors (Lipinski definition) is 1. The van der Waals surface area contributed by atoms with Gasteiger partial charge in [0.05, 0.1) is 5.38 Å². The molecule has 0 radical (unpaired) electrons. The summed E-state index contributed by atoms with van der Waals surface area (Å²) in [6, 6.07) is -0.0256. The fourth-order valence-corrected chi connectivity index (χ4v) is 5.04. The second-order valence-electron chi connectivity index (χ2n) is 8.10. The average Bonchev–Trinajstić information content (AvgIpc) is 2.65. The molecule has 3 rings (SSSR count). The molecule has 0 bridgehead atoms. The van der Waals surface area contributed by atoms with Gasteiger partial charge in [-0.25, -0.2) is 4.39 Å².